The zero-order valence-electron chi connectivity index (χ0n) is 18.8. The Morgan fingerprint density at radius 1 is 1.26 bits per heavy atom. The zero-order chi connectivity index (χ0) is 22.0. The van der Waals surface area contributed by atoms with E-state index in [4.69, 9.17) is 5.10 Å². The van der Waals surface area contributed by atoms with Crippen LogP contribution in [0, 0.1) is 19.8 Å². The number of piperidine rings is 1. The van der Waals surface area contributed by atoms with Crippen molar-refractivity contribution in [2.45, 2.75) is 33.1 Å². The second kappa shape index (κ2) is 9.32. The minimum Gasteiger partial charge on any atom is -0.356 e. The molecule has 3 aromatic heterocycles. The predicted molar refractivity (Wildman–Crippen MR) is 125 cm³/mol. The van der Waals surface area contributed by atoms with Gasteiger partial charge in [0.2, 0.25) is 5.91 Å². The smallest absolute Gasteiger partial charge is 0.223 e. The summed E-state index contributed by atoms with van der Waals surface area (Å²) in [5.41, 5.74) is 3.93. The van der Waals surface area contributed by atoms with Crippen molar-refractivity contribution in [2.75, 3.05) is 45.2 Å². The Bertz CT molecular complexity index is 1040. The van der Waals surface area contributed by atoms with Crippen molar-refractivity contribution in [1.82, 2.24) is 30.2 Å². The van der Waals surface area contributed by atoms with Crippen molar-refractivity contribution in [3.63, 3.8) is 0 Å². The van der Waals surface area contributed by atoms with Gasteiger partial charge in [0.25, 0.3) is 0 Å². The largest absolute Gasteiger partial charge is 0.356 e. The normalized spacial score (nSPS) is 15.2. The summed E-state index contributed by atoms with van der Waals surface area (Å²) in [6.45, 7) is 7.36. The van der Waals surface area contributed by atoms with E-state index >= 15 is 0 Å². The Balaban J connectivity index is 1.46. The third-order valence-corrected chi connectivity index (χ3v) is 6.65. The van der Waals surface area contributed by atoms with Crippen molar-refractivity contribution >= 4 is 34.0 Å². The van der Waals surface area contributed by atoms with Gasteiger partial charge in [0.1, 0.15) is 5.52 Å². The van der Waals surface area contributed by atoms with E-state index in [0.717, 1.165) is 79.2 Å². The van der Waals surface area contributed by atoms with Crippen LogP contribution in [0.5, 0.6) is 0 Å². The van der Waals surface area contributed by atoms with Crippen LogP contribution in [0.15, 0.2) is 16.8 Å². The van der Waals surface area contributed by atoms with Gasteiger partial charge in [0, 0.05) is 30.9 Å². The number of amides is 1. The summed E-state index contributed by atoms with van der Waals surface area (Å²) in [5.74, 6) is 1.06. The SMILES string of the molecule is Cc1nnc(N2CCC(C(=O)NCCCN(C)C)CC2)c2nn(-c3ccsc3)c(C)c12. The summed E-state index contributed by atoms with van der Waals surface area (Å²) >= 11 is 1.66. The second-order valence-corrected chi connectivity index (χ2v) is 9.30. The lowest BCUT2D eigenvalue weighted by Crippen LogP contribution is -2.41. The molecule has 4 heterocycles. The number of anilines is 1. The number of nitrogens with zero attached hydrogens (tertiary/aromatic N) is 6. The van der Waals surface area contributed by atoms with Crippen LogP contribution < -0.4 is 10.2 Å². The van der Waals surface area contributed by atoms with Gasteiger partial charge in [-0.25, -0.2) is 4.68 Å². The van der Waals surface area contributed by atoms with Crippen LogP contribution in [0.3, 0.4) is 0 Å². The van der Waals surface area contributed by atoms with Gasteiger partial charge in [-0.15, -0.1) is 5.10 Å². The lowest BCUT2D eigenvalue weighted by Gasteiger charge is -2.32. The number of carbonyl (C=O) groups is 1. The van der Waals surface area contributed by atoms with Crippen LogP contribution in [0.2, 0.25) is 0 Å². The maximum atomic E-state index is 12.5. The van der Waals surface area contributed by atoms with Crippen molar-refractivity contribution < 1.29 is 4.79 Å². The highest BCUT2D eigenvalue weighted by Crippen LogP contribution is 2.31. The molecule has 1 fully saturated rings. The van der Waals surface area contributed by atoms with Crippen molar-refractivity contribution in [2.24, 2.45) is 5.92 Å². The Morgan fingerprint density at radius 3 is 2.71 bits per heavy atom. The van der Waals surface area contributed by atoms with Crippen LogP contribution in [-0.2, 0) is 4.79 Å². The van der Waals surface area contributed by atoms with Crippen molar-refractivity contribution in [3.8, 4) is 5.69 Å². The molecule has 9 heteroatoms. The maximum Gasteiger partial charge on any atom is 0.223 e. The molecular weight excluding hydrogens is 410 g/mol. The lowest BCUT2D eigenvalue weighted by molar-refractivity contribution is -0.125. The number of aromatic nitrogens is 4. The number of aryl methyl sites for hydroxylation is 2. The topological polar surface area (TPSA) is 79.2 Å². The Kier molecular flexibility index (Phi) is 6.52. The lowest BCUT2D eigenvalue weighted by atomic mass is 9.95. The molecule has 0 bridgehead atoms. The molecule has 31 heavy (non-hydrogen) atoms. The summed E-state index contributed by atoms with van der Waals surface area (Å²) in [7, 11) is 4.10. The predicted octanol–water partition coefficient (Wildman–Crippen LogP) is 2.78. The summed E-state index contributed by atoms with van der Waals surface area (Å²) in [5, 5.41) is 22.2. The molecule has 3 aromatic rings. The highest BCUT2D eigenvalue weighted by Gasteiger charge is 2.28. The molecule has 1 aliphatic heterocycles. The highest BCUT2D eigenvalue weighted by molar-refractivity contribution is 7.08. The first-order chi connectivity index (χ1) is 15.0. The number of rotatable bonds is 7. The van der Waals surface area contributed by atoms with Crippen LogP contribution in [0.25, 0.3) is 16.6 Å². The van der Waals surface area contributed by atoms with Gasteiger partial charge in [0.05, 0.1) is 22.5 Å². The molecule has 1 saturated heterocycles. The quantitative estimate of drug-likeness (QED) is 0.568. The third-order valence-electron chi connectivity index (χ3n) is 5.98. The number of fused-ring (bicyclic) bond motifs is 1. The van der Waals surface area contributed by atoms with Crippen molar-refractivity contribution in [3.05, 3.63) is 28.2 Å². The number of hydrogen-bond acceptors (Lipinski definition) is 7. The number of hydrogen-bond donors (Lipinski definition) is 1. The van der Waals surface area contributed by atoms with E-state index in [9.17, 15) is 4.79 Å². The first-order valence-electron chi connectivity index (χ1n) is 10.9. The van der Waals surface area contributed by atoms with Gasteiger partial charge >= 0.3 is 0 Å². The molecule has 0 unspecified atom stereocenters. The molecule has 0 saturated carbocycles. The van der Waals surface area contributed by atoms with Gasteiger partial charge in [-0.3, -0.25) is 4.79 Å². The summed E-state index contributed by atoms with van der Waals surface area (Å²) in [4.78, 5) is 16.9. The summed E-state index contributed by atoms with van der Waals surface area (Å²) < 4.78 is 1.98. The van der Waals surface area contributed by atoms with E-state index in [1.54, 1.807) is 11.3 Å². The van der Waals surface area contributed by atoms with E-state index in [2.05, 4.69) is 49.1 Å². The summed E-state index contributed by atoms with van der Waals surface area (Å²) in [6.07, 6.45) is 2.61. The molecule has 0 radical (unpaired) electrons. The summed E-state index contributed by atoms with van der Waals surface area (Å²) in [6, 6.07) is 2.07. The average Bonchev–Trinajstić information content (AvgIpc) is 3.40. The Hall–Kier alpha value is -2.52. The van der Waals surface area contributed by atoms with Crippen LogP contribution in [0.4, 0.5) is 5.82 Å². The Labute approximate surface area is 187 Å². The molecule has 4 rings (SSSR count). The molecule has 0 aromatic carbocycles. The van der Waals surface area contributed by atoms with E-state index in [1.165, 1.54) is 0 Å². The maximum absolute atomic E-state index is 12.5. The molecule has 1 N–H and O–H groups in total. The molecule has 8 nitrogen and oxygen atoms in total. The fourth-order valence-corrected chi connectivity index (χ4v) is 4.87. The number of nitrogens with one attached hydrogen (secondary N) is 1. The van der Waals surface area contributed by atoms with Crippen LogP contribution >= 0.6 is 11.3 Å². The molecule has 1 amide bonds. The monoisotopic (exact) mass is 441 g/mol. The standard InChI is InChI=1S/C22H31N7OS/c1-15-19-16(2)29(18-8-13-31-14-18)26-20(19)21(25-24-15)28-11-6-17(7-12-28)22(30)23-9-5-10-27(3)4/h8,13-14,17H,5-7,9-12H2,1-4H3,(H,23,30). The molecule has 166 valence electrons. The van der Waals surface area contributed by atoms with Gasteiger partial charge in [-0.05, 0) is 65.2 Å². The number of thiophene rings is 1. The first-order valence-corrected chi connectivity index (χ1v) is 11.8. The van der Waals surface area contributed by atoms with Gasteiger partial charge in [-0.1, -0.05) is 0 Å². The molecule has 1 aliphatic rings. The fraction of sp³-hybridized carbons (Fsp3) is 0.545. The Morgan fingerprint density at radius 2 is 2.03 bits per heavy atom. The van der Waals surface area contributed by atoms with Crippen molar-refractivity contribution in [1.29, 1.82) is 0 Å². The number of carbonyl (C=O) groups excluding carboxylic acids is 1. The van der Waals surface area contributed by atoms with Gasteiger partial charge in [-0.2, -0.15) is 21.5 Å². The highest BCUT2D eigenvalue weighted by atomic mass is 32.1. The van der Waals surface area contributed by atoms with E-state index in [1.807, 2.05) is 25.7 Å². The fourth-order valence-electron chi connectivity index (χ4n) is 4.26. The minimum atomic E-state index is 0.0644. The van der Waals surface area contributed by atoms with E-state index in [-0.39, 0.29) is 11.8 Å². The van der Waals surface area contributed by atoms with Gasteiger partial charge < -0.3 is 15.1 Å². The molecule has 0 aliphatic carbocycles. The minimum absolute atomic E-state index is 0.0644. The zero-order valence-corrected chi connectivity index (χ0v) is 19.6. The second-order valence-electron chi connectivity index (χ2n) is 8.52. The molecule has 0 spiro atoms. The molecular formula is C22H31N7OS. The average molecular weight is 442 g/mol. The molecule has 0 atom stereocenters. The van der Waals surface area contributed by atoms with Crippen LogP contribution in [0.1, 0.15) is 30.7 Å². The van der Waals surface area contributed by atoms with E-state index < -0.39 is 0 Å². The third kappa shape index (κ3) is 4.57. The van der Waals surface area contributed by atoms with E-state index in [0.29, 0.717) is 0 Å². The van der Waals surface area contributed by atoms with Gasteiger partial charge in [0.15, 0.2) is 5.82 Å². The van der Waals surface area contributed by atoms with Crippen LogP contribution in [-0.4, -0.2) is 71.1 Å². The first kappa shape index (κ1) is 21.7.